The van der Waals surface area contributed by atoms with E-state index >= 15 is 0 Å². The van der Waals surface area contributed by atoms with Crippen molar-refractivity contribution in [3.63, 3.8) is 0 Å². The number of rotatable bonds is 2. The number of nitrogens with zero attached hydrogens (tertiary/aromatic N) is 4. The molecule has 0 saturated heterocycles. The Balaban J connectivity index is 1.94. The third kappa shape index (κ3) is 2.66. The number of nitrogens with one attached hydrogen (secondary N) is 1. The van der Waals surface area contributed by atoms with Crippen LogP contribution >= 0.6 is 0 Å². The molecule has 3 aromatic rings. The van der Waals surface area contributed by atoms with Crippen molar-refractivity contribution in [1.29, 1.82) is 0 Å². The summed E-state index contributed by atoms with van der Waals surface area (Å²) < 4.78 is 1.86. The van der Waals surface area contributed by atoms with E-state index in [0.29, 0.717) is 5.95 Å². The maximum atomic E-state index is 4.68. The Morgan fingerprint density at radius 3 is 2.64 bits per heavy atom. The highest BCUT2D eigenvalue weighted by Crippen LogP contribution is 2.25. The topological polar surface area (TPSA) is 55.6 Å². The highest BCUT2D eigenvalue weighted by molar-refractivity contribution is 5.83. The molecule has 0 atom stereocenters. The first-order chi connectivity index (χ1) is 10.3. The van der Waals surface area contributed by atoms with E-state index in [2.05, 4.69) is 47.2 Å². The fourth-order valence-electron chi connectivity index (χ4n) is 2.63. The van der Waals surface area contributed by atoms with Crippen LogP contribution in [0.2, 0.25) is 0 Å². The fraction of sp³-hybridized carbons (Fsp3) is 0.353. The summed E-state index contributed by atoms with van der Waals surface area (Å²) in [6, 6.07) is 6.12. The summed E-state index contributed by atoms with van der Waals surface area (Å²) in [6.45, 7) is 8.53. The van der Waals surface area contributed by atoms with Gasteiger partial charge in [-0.15, -0.1) is 0 Å². The number of aryl methyl sites for hydroxylation is 2. The zero-order valence-corrected chi connectivity index (χ0v) is 13.7. The van der Waals surface area contributed by atoms with Gasteiger partial charge in [0.2, 0.25) is 5.95 Å². The van der Waals surface area contributed by atoms with Crippen molar-refractivity contribution >= 4 is 22.5 Å². The normalized spacial score (nSPS) is 11.9. The molecule has 0 aliphatic rings. The quantitative estimate of drug-likeness (QED) is 0.783. The van der Waals surface area contributed by atoms with Crippen LogP contribution in [0.3, 0.4) is 0 Å². The molecule has 3 rings (SSSR count). The van der Waals surface area contributed by atoms with Crippen molar-refractivity contribution in [3.8, 4) is 0 Å². The van der Waals surface area contributed by atoms with Crippen molar-refractivity contribution in [2.75, 3.05) is 5.32 Å². The molecule has 0 saturated carbocycles. The summed E-state index contributed by atoms with van der Waals surface area (Å²) in [6.07, 6.45) is 3.73. The van der Waals surface area contributed by atoms with Crippen molar-refractivity contribution < 1.29 is 0 Å². The Hall–Kier alpha value is -2.43. The smallest absolute Gasteiger partial charge is 0.227 e. The van der Waals surface area contributed by atoms with Gasteiger partial charge in [0.05, 0.1) is 17.4 Å². The summed E-state index contributed by atoms with van der Waals surface area (Å²) in [5.74, 6) is 0.624. The first kappa shape index (κ1) is 14.5. The second-order valence-electron chi connectivity index (χ2n) is 6.64. The Bertz CT molecular complexity index is 827. The van der Waals surface area contributed by atoms with Gasteiger partial charge >= 0.3 is 0 Å². The van der Waals surface area contributed by atoms with Crippen LogP contribution in [0.15, 0.2) is 30.6 Å². The summed E-state index contributed by atoms with van der Waals surface area (Å²) >= 11 is 0. The van der Waals surface area contributed by atoms with E-state index in [9.17, 15) is 0 Å². The predicted molar refractivity (Wildman–Crippen MR) is 89.5 cm³/mol. The van der Waals surface area contributed by atoms with Crippen molar-refractivity contribution in [2.24, 2.45) is 7.05 Å². The van der Waals surface area contributed by atoms with Crippen LogP contribution in [0, 0.1) is 6.92 Å². The molecule has 114 valence electrons. The van der Waals surface area contributed by atoms with Gasteiger partial charge in [0.15, 0.2) is 0 Å². The number of anilines is 2. The molecule has 0 aliphatic heterocycles. The van der Waals surface area contributed by atoms with E-state index in [0.717, 1.165) is 27.8 Å². The molecule has 1 N–H and O–H groups in total. The molecular formula is C17H21N5. The van der Waals surface area contributed by atoms with Crippen LogP contribution in [-0.2, 0) is 12.5 Å². The predicted octanol–water partition coefficient (Wildman–Crippen LogP) is 3.71. The van der Waals surface area contributed by atoms with E-state index in [4.69, 9.17) is 0 Å². The molecule has 0 bridgehead atoms. The van der Waals surface area contributed by atoms with Crippen LogP contribution in [-0.4, -0.2) is 19.7 Å². The van der Waals surface area contributed by atoms with Gasteiger partial charge in [-0.05, 0) is 30.7 Å². The van der Waals surface area contributed by atoms with Crippen molar-refractivity contribution in [3.05, 3.63) is 41.9 Å². The van der Waals surface area contributed by atoms with Gasteiger partial charge in [0, 0.05) is 29.7 Å². The summed E-state index contributed by atoms with van der Waals surface area (Å²) in [4.78, 5) is 9.07. The largest absolute Gasteiger partial charge is 0.324 e. The van der Waals surface area contributed by atoms with Gasteiger partial charge in [-0.3, -0.25) is 4.68 Å². The molecule has 5 nitrogen and oxygen atoms in total. The molecule has 0 radical (unpaired) electrons. The lowest BCUT2D eigenvalue weighted by molar-refractivity contribution is 0.563. The average Bonchev–Trinajstić information content (AvgIpc) is 2.81. The third-order valence-corrected chi connectivity index (χ3v) is 3.68. The zero-order valence-electron chi connectivity index (χ0n) is 13.7. The summed E-state index contributed by atoms with van der Waals surface area (Å²) in [7, 11) is 1.94. The highest BCUT2D eigenvalue weighted by atomic mass is 15.2. The average molecular weight is 295 g/mol. The first-order valence-electron chi connectivity index (χ1n) is 7.37. The molecule has 2 heterocycles. The lowest BCUT2D eigenvalue weighted by atomic mass is 9.89. The Morgan fingerprint density at radius 1 is 1.14 bits per heavy atom. The second-order valence-corrected chi connectivity index (χ2v) is 6.64. The van der Waals surface area contributed by atoms with E-state index in [-0.39, 0.29) is 5.41 Å². The SMILES string of the molecule is Cc1cnc(Nc2ccc3c(cnn3C)c2)nc1C(C)(C)C. The fourth-order valence-corrected chi connectivity index (χ4v) is 2.63. The van der Waals surface area contributed by atoms with Crippen molar-refractivity contribution in [1.82, 2.24) is 19.7 Å². The Kier molecular flexibility index (Phi) is 3.35. The van der Waals surface area contributed by atoms with Crippen LogP contribution in [0.4, 0.5) is 11.6 Å². The minimum atomic E-state index is -0.00322. The molecule has 0 unspecified atom stereocenters. The van der Waals surface area contributed by atoms with Gasteiger partial charge < -0.3 is 5.32 Å². The van der Waals surface area contributed by atoms with Crippen LogP contribution < -0.4 is 5.32 Å². The number of hydrogen-bond acceptors (Lipinski definition) is 4. The standard InChI is InChI=1S/C17H21N5/c1-11-9-18-16(21-15(11)17(2,3)4)20-13-6-7-14-12(8-13)10-19-22(14)5/h6-10H,1-5H3,(H,18,20,21). The highest BCUT2D eigenvalue weighted by Gasteiger charge is 2.19. The molecular weight excluding hydrogens is 274 g/mol. The van der Waals surface area contributed by atoms with Crippen molar-refractivity contribution in [2.45, 2.75) is 33.1 Å². The van der Waals surface area contributed by atoms with Crippen LogP contribution in [0.1, 0.15) is 32.0 Å². The molecule has 0 spiro atoms. The maximum absolute atomic E-state index is 4.68. The zero-order chi connectivity index (χ0) is 15.9. The van der Waals surface area contributed by atoms with E-state index in [1.165, 1.54) is 0 Å². The van der Waals surface area contributed by atoms with Gasteiger partial charge in [0.25, 0.3) is 0 Å². The van der Waals surface area contributed by atoms with E-state index in [1.54, 1.807) is 0 Å². The minimum Gasteiger partial charge on any atom is -0.324 e. The van der Waals surface area contributed by atoms with Gasteiger partial charge in [-0.25, -0.2) is 9.97 Å². The van der Waals surface area contributed by atoms with Crippen LogP contribution in [0.5, 0.6) is 0 Å². The second kappa shape index (κ2) is 5.09. The molecule has 0 fully saturated rings. The minimum absolute atomic E-state index is 0.00322. The van der Waals surface area contributed by atoms with Gasteiger partial charge in [-0.2, -0.15) is 5.10 Å². The monoisotopic (exact) mass is 295 g/mol. The van der Waals surface area contributed by atoms with Gasteiger partial charge in [0.1, 0.15) is 0 Å². The third-order valence-electron chi connectivity index (χ3n) is 3.68. The molecule has 0 amide bonds. The lowest BCUT2D eigenvalue weighted by Gasteiger charge is -2.20. The molecule has 2 aromatic heterocycles. The maximum Gasteiger partial charge on any atom is 0.227 e. The number of hydrogen-bond donors (Lipinski definition) is 1. The van der Waals surface area contributed by atoms with E-state index < -0.39 is 0 Å². The molecule has 5 heteroatoms. The number of fused-ring (bicyclic) bond motifs is 1. The van der Waals surface area contributed by atoms with Gasteiger partial charge in [-0.1, -0.05) is 20.8 Å². The Labute approximate surface area is 130 Å². The molecule has 1 aromatic carbocycles. The Morgan fingerprint density at radius 2 is 1.91 bits per heavy atom. The molecule has 22 heavy (non-hydrogen) atoms. The molecule has 0 aliphatic carbocycles. The summed E-state index contributed by atoms with van der Waals surface area (Å²) in [5.41, 5.74) is 4.24. The van der Waals surface area contributed by atoms with E-state index in [1.807, 2.05) is 43.2 Å². The van der Waals surface area contributed by atoms with Crippen LogP contribution in [0.25, 0.3) is 10.9 Å². The summed E-state index contributed by atoms with van der Waals surface area (Å²) in [5, 5.41) is 8.64. The first-order valence-corrected chi connectivity index (χ1v) is 7.37. The number of aromatic nitrogens is 4. The lowest BCUT2D eigenvalue weighted by Crippen LogP contribution is -2.17. The number of benzene rings is 1.